The van der Waals surface area contributed by atoms with Crippen molar-refractivity contribution >= 4 is 15.8 Å². The van der Waals surface area contributed by atoms with E-state index < -0.39 is 26.8 Å². The molecule has 7 nitrogen and oxygen atoms in total. The van der Waals surface area contributed by atoms with Gasteiger partial charge in [0.15, 0.2) is 11.5 Å². The van der Waals surface area contributed by atoms with Crippen molar-refractivity contribution in [1.29, 1.82) is 0 Å². The van der Waals surface area contributed by atoms with E-state index in [0.717, 1.165) is 24.2 Å². The van der Waals surface area contributed by atoms with Gasteiger partial charge in [-0.05, 0) is 6.92 Å². The van der Waals surface area contributed by atoms with E-state index in [1.165, 1.54) is 6.07 Å². The van der Waals surface area contributed by atoms with E-state index in [2.05, 4.69) is 14.8 Å². The van der Waals surface area contributed by atoms with Crippen molar-refractivity contribution in [2.45, 2.75) is 24.5 Å². The summed E-state index contributed by atoms with van der Waals surface area (Å²) in [6, 6.07) is 1.22. The molecule has 2 aromatic rings. The van der Waals surface area contributed by atoms with Crippen LogP contribution in [0.4, 0.5) is 19.0 Å². The summed E-state index contributed by atoms with van der Waals surface area (Å²) < 4.78 is 69.5. The number of rotatable bonds is 4. The first-order chi connectivity index (χ1) is 9.67. The van der Waals surface area contributed by atoms with Crippen molar-refractivity contribution in [3.05, 3.63) is 24.2 Å². The highest BCUT2D eigenvalue weighted by Crippen LogP contribution is 2.34. The van der Waals surface area contributed by atoms with Gasteiger partial charge in [-0.15, -0.1) is 0 Å². The molecule has 0 saturated carbocycles. The first kappa shape index (κ1) is 15.4. The summed E-state index contributed by atoms with van der Waals surface area (Å²) in [5, 5.41) is 6.66. The Labute approximate surface area is 118 Å². The van der Waals surface area contributed by atoms with E-state index in [4.69, 9.17) is 0 Å². The van der Waals surface area contributed by atoms with Gasteiger partial charge in [0.05, 0.1) is 0 Å². The Morgan fingerprint density at radius 3 is 2.57 bits per heavy atom. The van der Waals surface area contributed by atoms with Crippen LogP contribution in [-0.2, 0) is 22.7 Å². The monoisotopic (exact) mass is 324 g/mol. The average molecular weight is 324 g/mol. The molecule has 0 N–H and O–H groups in total. The third kappa shape index (κ3) is 2.73. The van der Waals surface area contributed by atoms with Gasteiger partial charge >= 0.3 is 6.18 Å². The fraction of sp³-hybridized carbons (Fsp3) is 0.400. The summed E-state index contributed by atoms with van der Waals surface area (Å²) in [5.74, 6) is -0.132. The minimum absolute atomic E-state index is 0.103. The number of hydrogen-bond acceptors (Lipinski definition) is 5. The highest BCUT2D eigenvalue weighted by atomic mass is 32.2. The summed E-state index contributed by atoms with van der Waals surface area (Å²) in [6.45, 7) is 1.65. The molecule has 0 atom stereocenters. The molecular weight excluding hydrogens is 313 g/mol. The molecule has 0 amide bonds. The minimum Gasteiger partial charge on any atom is -0.363 e. The molecule has 0 radical (unpaired) electrons. The maximum absolute atomic E-state index is 12.9. The zero-order chi connectivity index (χ0) is 15.8. The standard InChI is InChI=1S/C10H11F3N4O3S/c1-3-17-6-7(9(14-17)10(11,12)13)21(18,19)16(2)8-4-5-20-15-8/h4-6H,3H2,1-2H3. The second kappa shape index (κ2) is 5.06. The number of aromatic nitrogens is 3. The third-order valence-electron chi connectivity index (χ3n) is 2.71. The molecule has 2 rings (SSSR count). The molecular formula is C10H11F3N4O3S. The first-order valence-electron chi connectivity index (χ1n) is 5.72. The fourth-order valence-corrected chi connectivity index (χ4v) is 2.88. The molecule has 0 saturated heterocycles. The van der Waals surface area contributed by atoms with Gasteiger partial charge in [-0.1, -0.05) is 5.16 Å². The second-order valence-corrected chi connectivity index (χ2v) is 5.96. The predicted octanol–water partition coefficient (Wildman–Crippen LogP) is 1.73. The number of alkyl halides is 3. The molecule has 2 heterocycles. The number of sulfonamides is 1. The largest absolute Gasteiger partial charge is 0.436 e. The molecule has 11 heteroatoms. The Bertz CT molecular complexity index is 721. The van der Waals surface area contributed by atoms with Crippen LogP contribution >= 0.6 is 0 Å². The number of aryl methyl sites for hydroxylation is 1. The molecule has 0 fully saturated rings. The van der Waals surface area contributed by atoms with Crippen LogP contribution < -0.4 is 4.31 Å². The molecule has 21 heavy (non-hydrogen) atoms. The lowest BCUT2D eigenvalue weighted by molar-refractivity contribution is -0.143. The lowest BCUT2D eigenvalue weighted by Gasteiger charge is -2.16. The number of hydrogen-bond donors (Lipinski definition) is 0. The van der Waals surface area contributed by atoms with Crippen LogP contribution in [-0.4, -0.2) is 30.4 Å². The van der Waals surface area contributed by atoms with Gasteiger partial charge in [-0.25, -0.2) is 12.7 Å². The van der Waals surface area contributed by atoms with Crippen molar-refractivity contribution in [1.82, 2.24) is 14.9 Å². The number of halogens is 3. The van der Waals surface area contributed by atoms with Crippen molar-refractivity contribution in [2.75, 3.05) is 11.4 Å². The number of nitrogens with zero attached hydrogens (tertiary/aromatic N) is 4. The van der Waals surface area contributed by atoms with E-state index in [1.54, 1.807) is 6.92 Å². The third-order valence-corrected chi connectivity index (χ3v) is 4.47. The van der Waals surface area contributed by atoms with Crippen LogP contribution in [0, 0.1) is 0 Å². The maximum Gasteiger partial charge on any atom is 0.436 e. The summed E-state index contributed by atoms with van der Waals surface area (Å²) in [6.07, 6.45) is -2.93. The predicted molar refractivity (Wildman–Crippen MR) is 65.0 cm³/mol. The lowest BCUT2D eigenvalue weighted by atomic mass is 10.4. The quantitative estimate of drug-likeness (QED) is 0.855. The van der Waals surface area contributed by atoms with Crippen LogP contribution in [0.3, 0.4) is 0 Å². The topological polar surface area (TPSA) is 81.2 Å². The summed E-state index contributed by atoms with van der Waals surface area (Å²) in [4.78, 5) is -0.928. The van der Waals surface area contributed by atoms with Gasteiger partial charge in [0.25, 0.3) is 10.0 Å². The van der Waals surface area contributed by atoms with Gasteiger partial charge in [0, 0.05) is 25.9 Å². The second-order valence-electron chi connectivity index (χ2n) is 4.03. The summed E-state index contributed by atoms with van der Waals surface area (Å²) in [7, 11) is -3.38. The Hall–Kier alpha value is -2.04. The molecule has 0 bridgehead atoms. The van der Waals surface area contributed by atoms with E-state index in [-0.39, 0.29) is 12.4 Å². The highest BCUT2D eigenvalue weighted by Gasteiger charge is 2.42. The maximum atomic E-state index is 12.9. The van der Waals surface area contributed by atoms with Crippen LogP contribution in [0.1, 0.15) is 12.6 Å². The Balaban J connectivity index is 2.57. The first-order valence-corrected chi connectivity index (χ1v) is 7.16. The van der Waals surface area contributed by atoms with E-state index in [9.17, 15) is 21.6 Å². The molecule has 2 aromatic heterocycles. The Kier molecular flexibility index (Phi) is 3.70. The number of anilines is 1. The van der Waals surface area contributed by atoms with Crippen LogP contribution in [0.2, 0.25) is 0 Å². The van der Waals surface area contributed by atoms with Crippen molar-refractivity contribution in [3.8, 4) is 0 Å². The SMILES string of the molecule is CCn1cc(S(=O)(=O)N(C)c2ccon2)c(C(F)(F)F)n1. The van der Waals surface area contributed by atoms with Crippen LogP contribution in [0.25, 0.3) is 0 Å². The van der Waals surface area contributed by atoms with Gasteiger partial charge in [-0.2, -0.15) is 18.3 Å². The van der Waals surface area contributed by atoms with E-state index >= 15 is 0 Å². The summed E-state index contributed by atoms with van der Waals surface area (Å²) in [5.41, 5.74) is -1.46. The molecule has 0 aliphatic rings. The van der Waals surface area contributed by atoms with Crippen LogP contribution in [0.5, 0.6) is 0 Å². The minimum atomic E-state index is -4.88. The molecule has 0 unspecified atom stereocenters. The Morgan fingerprint density at radius 2 is 2.10 bits per heavy atom. The smallest absolute Gasteiger partial charge is 0.363 e. The van der Waals surface area contributed by atoms with Gasteiger partial charge in [-0.3, -0.25) is 4.68 Å². The fourth-order valence-electron chi connectivity index (χ4n) is 1.59. The molecule has 116 valence electrons. The summed E-state index contributed by atoms with van der Waals surface area (Å²) >= 11 is 0. The van der Waals surface area contributed by atoms with Gasteiger partial charge < -0.3 is 4.52 Å². The zero-order valence-corrected chi connectivity index (χ0v) is 11.8. The van der Waals surface area contributed by atoms with Gasteiger partial charge in [0.2, 0.25) is 0 Å². The van der Waals surface area contributed by atoms with Crippen molar-refractivity contribution in [2.24, 2.45) is 0 Å². The Morgan fingerprint density at radius 1 is 1.43 bits per heavy atom. The molecule has 0 aliphatic heterocycles. The lowest BCUT2D eigenvalue weighted by Crippen LogP contribution is -2.28. The van der Waals surface area contributed by atoms with Crippen molar-refractivity contribution < 1.29 is 26.1 Å². The molecule has 0 aliphatic carbocycles. The molecule has 0 spiro atoms. The van der Waals surface area contributed by atoms with Crippen LogP contribution in [0.15, 0.2) is 27.9 Å². The van der Waals surface area contributed by atoms with E-state index in [0.29, 0.717) is 4.31 Å². The zero-order valence-electron chi connectivity index (χ0n) is 11.0. The normalized spacial score (nSPS) is 12.6. The average Bonchev–Trinajstić information content (AvgIpc) is 3.06. The van der Waals surface area contributed by atoms with Gasteiger partial charge in [0.1, 0.15) is 11.2 Å². The molecule has 0 aromatic carbocycles. The van der Waals surface area contributed by atoms with E-state index in [1.807, 2.05) is 0 Å². The highest BCUT2D eigenvalue weighted by molar-refractivity contribution is 7.92. The van der Waals surface area contributed by atoms with Crippen molar-refractivity contribution in [3.63, 3.8) is 0 Å².